The Labute approximate surface area is 222 Å². The summed E-state index contributed by atoms with van der Waals surface area (Å²) in [7, 11) is 0. The van der Waals surface area contributed by atoms with Crippen LogP contribution in [0.1, 0.15) is 46.5 Å². The molecule has 0 aliphatic heterocycles. The highest BCUT2D eigenvalue weighted by Gasteiger charge is 2.75. The van der Waals surface area contributed by atoms with E-state index in [1.54, 1.807) is 19.1 Å². The van der Waals surface area contributed by atoms with Gasteiger partial charge in [0.15, 0.2) is 11.5 Å². The Morgan fingerprint density at radius 2 is 1.87 bits per heavy atom. The van der Waals surface area contributed by atoms with Crippen molar-refractivity contribution in [2.24, 2.45) is 28.6 Å². The van der Waals surface area contributed by atoms with Crippen LogP contribution < -0.4 is 4.74 Å². The maximum atomic E-state index is 17.3. The van der Waals surface area contributed by atoms with Gasteiger partial charge in [0.25, 0.3) is 0 Å². The molecule has 3 saturated carbocycles. The van der Waals surface area contributed by atoms with E-state index in [2.05, 4.69) is 0 Å². The Bertz CT molecular complexity index is 1390. The van der Waals surface area contributed by atoms with Crippen LogP contribution in [0.2, 0.25) is 0 Å². The van der Waals surface area contributed by atoms with Gasteiger partial charge in [0, 0.05) is 22.1 Å². The van der Waals surface area contributed by atoms with Crippen molar-refractivity contribution in [3.63, 3.8) is 0 Å². The lowest BCUT2D eigenvalue weighted by Crippen LogP contribution is -2.69. The first-order valence-electron chi connectivity index (χ1n) is 13.6. The molecule has 0 amide bonds. The minimum Gasteiger partial charge on any atom is -0.485 e. The number of carbonyl (C=O) groups is 2. The molecular weight excluding hydrogens is 483 g/mol. The number of alkyl halides is 1. The number of aliphatic hydroxyl groups is 2. The standard InChI is InChI=1S/C32H35FO5/c1-19-15-25-24-12-11-21-16-22(34)13-14-29(21,2)31(24,33)27(35)17-30(25,3)32(19,37)28(36)18-38-26-10-6-8-20-7-4-5-9-23(20)26/h4-10,13-14,16,19,24-25,27,35,37H,11-12,15,17-18H2,1-3H3/t19-,24?,25?,27+,29?,30?,31+,32+/m1/s1. The number of allylic oxidation sites excluding steroid dienone is 4. The fourth-order valence-electron chi connectivity index (χ4n) is 8.72. The molecular formula is C32H35FO5. The Morgan fingerprint density at radius 1 is 1.13 bits per heavy atom. The second-order valence-electron chi connectivity index (χ2n) is 12.4. The lowest BCUT2D eigenvalue weighted by Gasteiger charge is -2.62. The van der Waals surface area contributed by atoms with Crippen molar-refractivity contribution >= 4 is 22.3 Å². The topological polar surface area (TPSA) is 83.8 Å². The van der Waals surface area contributed by atoms with E-state index in [-0.39, 0.29) is 24.7 Å². The van der Waals surface area contributed by atoms with Crippen molar-refractivity contribution in [3.8, 4) is 5.75 Å². The molecule has 4 aliphatic rings. The van der Waals surface area contributed by atoms with Crippen LogP contribution in [-0.2, 0) is 9.59 Å². The summed E-state index contributed by atoms with van der Waals surface area (Å²) in [6.45, 7) is 5.15. The van der Waals surface area contributed by atoms with Gasteiger partial charge in [-0.15, -0.1) is 0 Å². The van der Waals surface area contributed by atoms with E-state index in [4.69, 9.17) is 4.74 Å². The largest absolute Gasteiger partial charge is 0.485 e. The molecule has 0 heterocycles. The Kier molecular flexibility index (Phi) is 5.58. The second kappa shape index (κ2) is 8.33. The van der Waals surface area contributed by atoms with Gasteiger partial charge in [-0.25, -0.2) is 4.39 Å². The second-order valence-corrected chi connectivity index (χ2v) is 12.4. The summed E-state index contributed by atoms with van der Waals surface area (Å²) in [6, 6.07) is 13.4. The first-order chi connectivity index (χ1) is 18.0. The van der Waals surface area contributed by atoms with Gasteiger partial charge in [-0.05, 0) is 68.0 Å². The third-order valence-electron chi connectivity index (χ3n) is 10.8. The van der Waals surface area contributed by atoms with E-state index in [1.165, 1.54) is 12.2 Å². The molecule has 6 rings (SSSR count). The smallest absolute Gasteiger partial charge is 0.202 e. The van der Waals surface area contributed by atoms with Crippen LogP contribution in [0.4, 0.5) is 4.39 Å². The number of hydrogen-bond acceptors (Lipinski definition) is 5. The number of fused-ring (bicyclic) bond motifs is 6. The number of hydrogen-bond donors (Lipinski definition) is 2. The van der Waals surface area contributed by atoms with Gasteiger partial charge in [-0.3, -0.25) is 9.59 Å². The lowest BCUT2D eigenvalue weighted by molar-refractivity contribution is -0.219. The molecule has 4 aliphatic carbocycles. The normalized spacial score (nSPS) is 41.7. The summed E-state index contributed by atoms with van der Waals surface area (Å²) < 4.78 is 23.3. The van der Waals surface area contributed by atoms with Crippen molar-refractivity contribution in [1.82, 2.24) is 0 Å². The quantitative estimate of drug-likeness (QED) is 0.586. The maximum Gasteiger partial charge on any atom is 0.202 e. The van der Waals surface area contributed by atoms with Gasteiger partial charge in [0.1, 0.15) is 18.0 Å². The molecule has 4 unspecified atom stereocenters. The molecule has 0 bridgehead atoms. The number of benzene rings is 2. The Morgan fingerprint density at radius 3 is 2.66 bits per heavy atom. The molecule has 3 fully saturated rings. The molecule has 38 heavy (non-hydrogen) atoms. The van der Waals surface area contributed by atoms with Crippen LogP contribution in [0.25, 0.3) is 10.8 Å². The van der Waals surface area contributed by atoms with Crippen LogP contribution in [0.5, 0.6) is 5.75 Å². The number of aliphatic hydroxyl groups excluding tert-OH is 1. The lowest BCUT2D eigenvalue weighted by atomic mass is 9.44. The number of Topliss-reactive ketones (excluding diaryl/α,β-unsaturated/α-hetero) is 1. The predicted octanol–water partition coefficient (Wildman–Crippen LogP) is 5.14. The van der Waals surface area contributed by atoms with Gasteiger partial charge < -0.3 is 14.9 Å². The van der Waals surface area contributed by atoms with Crippen molar-refractivity contribution in [3.05, 3.63) is 66.3 Å². The van der Waals surface area contributed by atoms with E-state index in [1.807, 2.05) is 50.2 Å². The van der Waals surface area contributed by atoms with Crippen LogP contribution in [0.3, 0.4) is 0 Å². The monoisotopic (exact) mass is 518 g/mol. The average Bonchev–Trinajstić information content (AvgIpc) is 3.10. The molecule has 200 valence electrons. The van der Waals surface area contributed by atoms with E-state index in [0.717, 1.165) is 10.8 Å². The molecule has 0 aromatic heterocycles. The number of ketones is 2. The zero-order chi connectivity index (χ0) is 27.1. The van der Waals surface area contributed by atoms with Crippen LogP contribution in [-0.4, -0.2) is 45.8 Å². The molecule has 0 radical (unpaired) electrons. The maximum absolute atomic E-state index is 17.3. The third kappa shape index (κ3) is 3.10. The highest BCUT2D eigenvalue weighted by atomic mass is 19.1. The highest BCUT2D eigenvalue weighted by molar-refractivity contribution is 6.01. The minimum atomic E-state index is -1.99. The van der Waals surface area contributed by atoms with Crippen LogP contribution in [0, 0.1) is 28.6 Å². The number of halogens is 1. The van der Waals surface area contributed by atoms with Crippen molar-refractivity contribution in [2.75, 3.05) is 6.61 Å². The van der Waals surface area contributed by atoms with Gasteiger partial charge in [-0.2, -0.15) is 0 Å². The minimum absolute atomic E-state index is 0.0455. The average molecular weight is 519 g/mol. The summed E-state index contributed by atoms with van der Waals surface area (Å²) in [5.41, 5.74) is -5.16. The van der Waals surface area contributed by atoms with Crippen molar-refractivity contribution in [1.29, 1.82) is 0 Å². The molecule has 2 N–H and O–H groups in total. The van der Waals surface area contributed by atoms with Crippen molar-refractivity contribution < 1.29 is 28.9 Å². The summed E-state index contributed by atoms with van der Waals surface area (Å²) in [5, 5.41) is 25.5. The number of carbonyl (C=O) groups excluding carboxylic acids is 2. The SMILES string of the molecule is C[C@@H]1CC2C3CCC4=CC(=O)C=CC4(C)[C@@]3(F)[C@@H](O)CC2(C)[C@@]1(O)C(=O)COc1cccc2ccccc12. The van der Waals surface area contributed by atoms with E-state index < -0.39 is 45.8 Å². The fourth-order valence-corrected chi connectivity index (χ4v) is 8.72. The van der Waals surface area contributed by atoms with Gasteiger partial charge in [-0.1, -0.05) is 61.9 Å². The van der Waals surface area contributed by atoms with Crippen LogP contribution in [0.15, 0.2) is 66.3 Å². The molecule has 5 nitrogen and oxygen atoms in total. The van der Waals surface area contributed by atoms with Gasteiger partial charge in [0.2, 0.25) is 5.78 Å². The summed E-state index contributed by atoms with van der Waals surface area (Å²) in [4.78, 5) is 25.9. The van der Waals surface area contributed by atoms with Crippen molar-refractivity contribution in [2.45, 2.75) is 63.8 Å². The molecule has 0 saturated heterocycles. The molecule has 2 aromatic rings. The fraction of sp³-hybridized carbons (Fsp3) is 0.500. The molecule has 8 atom stereocenters. The molecule has 2 aromatic carbocycles. The van der Waals surface area contributed by atoms with E-state index in [9.17, 15) is 19.8 Å². The summed E-state index contributed by atoms with van der Waals surface area (Å²) in [6.07, 6.45) is 4.58. The van der Waals surface area contributed by atoms with E-state index >= 15 is 4.39 Å². The first-order valence-corrected chi connectivity index (χ1v) is 13.6. The summed E-state index contributed by atoms with van der Waals surface area (Å²) in [5.74, 6) is -1.32. The zero-order valence-electron chi connectivity index (χ0n) is 22.1. The number of rotatable bonds is 4. The van der Waals surface area contributed by atoms with Gasteiger partial charge >= 0.3 is 0 Å². The number of ether oxygens (including phenoxy) is 1. The molecule has 0 spiro atoms. The summed E-state index contributed by atoms with van der Waals surface area (Å²) >= 11 is 0. The van der Waals surface area contributed by atoms with Crippen LogP contribution >= 0.6 is 0 Å². The molecule has 6 heteroatoms. The first kappa shape index (κ1) is 25.4. The third-order valence-corrected chi connectivity index (χ3v) is 10.8. The zero-order valence-corrected chi connectivity index (χ0v) is 22.1. The van der Waals surface area contributed by atoms with Gasteiger partial charge in [0.05, 0.1) is 6.10 Å². The Hall–Kier alpha value is -2.83. The highest BCUT2D eigenvalue weighted by Crippen LogP contribution is 2.70. The van der Waals surface area contributed by atoms with E-state index in [0.29, 0.717) is 30.6 Å². The predicted molar refractivity (Wildman–Crippen MR) is 142 cm³/mol. The Balaban J connectivity index is 1.32.